The number of oxime groups is 1. The molecule has 2 heterocycles. The highest BCUT2D eigenvalue weighted by Crippen LogP contribution is 2.30. The lowest BCUT2D eigenvalue weighted by Crippen LogP contribution is -2.30. The summed E-state index contributed by atoms with van der Waals surface area (Å²) in [5.74, 6) is 0.535. The van der Waals surface area contributed by atoms with Gasteiger partial charge in [-0.2, -0.15) is 4.98 Å². The summed E-state index contributed by atoms with van der Waals surface area (Å²) in [6.45, 7) is 1.81. The number of fused-ring (bicyclic) bond motifs is 1. The van der Waals surface area contributed by atoms with Gasteiger partial charge in [-0.15, -0.1) is 5.10 Å². The van der Waals surface area contributed by atoms with Crippen LogP contribution in [0.3, 0.4) is 0 Å². The molecule has 0 spiro atoms. The average molecular weight is 287 g/mol. The average Bonchev–Trinajstić information content (AvgIpc) is 2.89. The van der Waals surface area contributed by atoms with Gasteiger partial charge in [0.05, 0.1) is 5.71 Å². The van der Waals surface area contributed by atoms with Crippen molar-refractivity contribution < 1.29 is 5.21 Å². The van der Waals surface area contributed by atoms with Crippen molar-refractivity contribution in [3.05, 3.63) is 35.9 Å². The molecule has 1 aromatic carbocycles. The van der Waals surface area contributed by atoms with Crippen LogP contribution in [0.1, 0.15) is 18.5 Å². The lowest BCUT2D eigenvalue weighted by atomic mass is 9.98. The van der Waals surface area contributed by atoms with Gasteiger partial charge in [0, 0.05) is 0 Å². The molecular formula is C13H13N5OS. The molecule has 1 aliphatic rings. The molecule has 0 radical (unpaired) electrons. The van der Waals surface area contributed by atoms with E-state index in [1.54, 1.807) is 4.68 Å². The van der Waals surface area contributed by atoms with E-state index < -0.39 is 0 Å². The van der Waals surface area contributed by atoms with Gasteiger partial charge in [-0.1, -0.05) is 47.2 Å². The summed E-state index contributed by atoms with van der Waals surface area (Å²) in [7, 11) is 0. The highest BCUT2D eigenvalue weighted by Gasteiger charge is 2.31. The Balaban J connectivity index is 2.20. The predicted molar refractivity (Wildman–Crippen MR) is 78.4 cm³/mol. The van der Waals surface area contributed by atoms with Crippen LogP contribution in [0, 0.1) is 0 Å². The lowest BCUT2D eigenvalue weighted by Gasteiger charge is -2.23. The van der Waals surface area contributed by atoms with Crippen LogP contribution in [0.2, 0.25) is 0 Å². The molecule has 0 saturated heterocycles. The Bertz CT molecular complexity index is 692. The summed E-state index contributed by atoms with van der Waals surface area (Å²) in [5.41, 5.74) is 2.11. The molecule has 6 nitrogen and oxygen atoms in total. The van der Waals surface area contributed by atoms with E-state index in [-0.39, 0.29) is 6.04 Å². The molecule has 0 bridgehead atoms. The van der Waals surface area contributed by atoms with Crippen molar-refractivity contribution in [1.82, 2.24) is 14.8 Å². The van der Waals surface area contributed by atoms with Crippen LogP contribution in [0.15, 0.2) is 45.6 Å². The molecule has 102 valence electrons. The van der Waals surface area contributed by atoms with Crippen LogP contribution in [0.25, 0.3) is 0 Å². The van der Waals surface area contributed by atoms with Crippen molar-refractivity contribution in [3.63, 3.8) is 0 Å². The quantitative estimate of drug-likeness (QED) is 0.523. The number of aromatic nitrogens is 3. The fraction of sp³-hybridized carbons (Fsp3) is 0.231. The zero-order valence-electron chi connectivity index (χ0n) is 11.1. The molecule has 1 aromatic heterocycles. The van der Waals surface area contributed by atoms with Gasteiger partial charge in [0.15, 0.2) is 0 Å². The molecule has 2 aromatic rings. The fourth-order valence-electron chi connectivity index (χ4n) is 2.21. The minimum absolute atomic E-state index is 0.304. The molecule has 0 fully saturated rings. The van der Waals surface area contributed by atoms with Crippen molar-refractivity contribution >= 4 is 29.1 Å². The number of rotatable bonds is 2. The number of hydrogen-bond donors (Lipinski definition) is 1. The minimum Gasteiger partial charge on any atom is -0.411 e. The van der Waals surface area contributed by atoms with Gasteiger partial charge in [0.25, 0.3) is 0 Å². The highest BCUT2D eigenvalue weighted by molar-refractivity contribution is 7.98. The third-order valence-corrected chi connectivity index (χ3v) is 3.68. The van der Waals surface area contributed by atoms with E-state index in [1.807, 2.05) is 43.5 Å². The first-order chi connectivity index (χ1) is 9.74. The Labute approximate surface area is 120 Å². The van der Waals surface area contributed by atoms with Gasteiger partial charge in [0.2, 0.25) is 11.1 Å². The third-order valence-electron chi connectivity index (χ3n) is 3.14. The predicted octanol–water partition coefficient (Wildman–Crippen LogP) is 2.53. The molecule has 1 aliphatic heterocycles. The lowest BCUT2D eigenvalue weighted by molar-refractivity contribution is 0.316. The van der Waals surface area contributed by atoms with Crippen LogP contribution in [0.4, 0.5) is 5.95 Å². The maximum atomic E-state index is 9.32. The van der Waals surface area contributed by atoms with E-state index in [4.69, 9.17) is 0 Å². The smallest absolute Gasteiger partial charge is 0.250 e. The Morgan fingerprint density at radius 3 is 2.70 bits per heavy atom. The zero-order chi connectivity index (χ0) is 14.1. The van der Waals surface area contributed by atoms with Crippen molar-refractivity contribution in [1.29, 1.82) is 0 Å². The normalized spacial score (nSPS) is 19.8. The molecule has 1 atom stereocenters. The Morgan fingerprint density at radius 2 is 2.05 bits per heavy atom. The maximum absolute atomic E-state index is 9.32. The van der Waals surface area contributed by atoms with E-state index in [9.17, 15) is 5.21 Å². The number of benzene rings is 1. The number of aliphatic imine (C=N–C) groups is 1. The van der Waals surface area contributed by atoms with E-state index in [1.165, 1.54) is 11.8 Å². The summed E-state index contributed by atoms with van der Waals surface area (Å²) in [6.07, 6.45) is 1.91. The highest BCUT2D eigenvalue weighted by atomic mass is 32.2. The first-order valence-corrected chi connectivity index (χ1v) is 7.30. The Hall–Kier alpha value is -2.15. The maximum Gasteiger partial charge on any atom is 0.250 e. The van der Waals surface area contributed by atoms with E-state index >= 15 is 0 Å². The summed E-state index contributed by atoms with van der Waals surface area (Å²) < 4.78 is 1.70. The Kier molecular flexibility index (Phi) is 3.27. The number of thioether (sulfide) groups is 1. The summed E-state index contributed by atoms with van der Waals surface area (Å²) in [6, 6.07) is 9.47. The molecule has 1 N–H and O–H groups in total. The standard InChI is InChI=1S/C13H13N5OS/c1-8-10(17-19)11(9-6-4-3-5-7-9)18-12(14-8)15-13(16-18)20-2/h3-7,11,19H,1-2H3/b17-10-/t11-/m0/s1. The topological polar surface area (TPSA) is 75.7 Å². The SMILES string of the molecule is CSc1nc2n(n1)[C@@H](c1ccccc1)/C(=N\O)C(C)=N2. The number of hydrogen-bond acceptors (Lipinski definition) is 6. The molecule has 0 amide bonds. The van der Waals surface area contributed by atoms with Gasteiger partial charge in [-0.3, -0.25) is 0 Å². The molecule has 20 heavy (non-hydrogen) atoms. The van der Waals surface area contributed by atoms with E-state index in [2.05, 4.69) is 20.2 Å². The number of nitrogens with zero attached hydrogens (tertiary/aromatic N) is 5. The zero-order valence-corrected chi connectivity index (χ0v) is 11.9. The molecule has 3 rings (SSSR count). The van der Waals surface area contributed by atoms with Crippen molar-refractivity contribution in [2.24, 2.45) is 10.1 Å². The monoisotopic (exact) mass is 287 g/mol. The van der Waals surface area contributed by atoms with Gasteiger partial charge in [-0.05, 0) is 18.7 Å². The minimum atomic E-state index is -0.304. The third kappa shape index (κ3) is 2.00. The van der Waals surface area contributed by atoms with Gasteiger partial charge in [0.1, 0.15) is 11.8 Å². The second-order valence-electron chi connectivity index (χ2n) is 4.34. The van der Waals surface area contributed by atoms with Gasteiger partial charge < -0.3 is 5.21 Å². The molecular weight excluding hydrogens is 274 g/mol. The molecule has 0 unspecified atom stereocenters. The first-order valence-electron chi connectivity index (χ1n) is 6.07. The fourth-order valence-corrected chi connectivity index (χ4v) is 2.56. The van der Waals surface area contributed by atoms with Crippen LogP contribution >= 0.6 is 11.8 Å². The second-order valence-corrected chi connectivity index (χ2v) is 5.11. The van der Waals surface area contributed by atoms with Gasteiger partial charge in [-0.25, -0.2) is 9.67 Å². The van der Waals surface area contributed by atoms with Crippen LogP contribution in [0.5, 0.6) is 0 Å². The van der Waals surface area contributed by atoms with Crippen LogP contribution in [-0.2, 0) is 0 Å². The van der Waals surface area contributed by atoms with Crippen LogP contribution in [-0.4, -0.2) is 37.7 Å². The first kappa shape index (κ1) is 12.9. The van der Waals surface area contributed by atoms with Crippen molar-refractivity contribution in [2.75, 3.05) is 6.26 Å². The van der Waals surface area contributed by atoms with Crippen LogP contribution < -0.4 is 0 Å². The summed E-state index contributed by atoms with van der Waals surface area (Å²) >= 11 is 1.45. The van der Waals surface area contributed by atoms with E-state index in [0.717, 1.165) is 5.56 Å². The molecule has 7 heteroatoms. The molecule has 0 aliphatic carbocycles. The van der Waals surface area contributed by atoms with Crippen molar-refractivity contribution in [2.45, 2.75) is 18.1 Å². The van der Waals surface area contributed by atoms with Crippen molar-refractivity contribution in [3.8, 4) is 0 Å². The van der Waals surface area contributed by atoms with Gasteiger partial charge >= 0.3 is 0 Å². The largest absolute Gasteiger partial charge is 0.411 e. The summed E-state index contributed by atoms with van der Waals surface area (Å²) in [5, 5.41) is 17.8. The summed E-state index contributed by atoms with van der Waals surface area (Å²) in [4.78, 5) is 8.70. The second kappa shape index (κ2) is 5.09. The van der Waals surface area contributed by atoms with E-state index in [0.29, 0.717) is 22.5 Å². The molecule has 0 saturated carbocycles. The Morgan fingerprint density at radius 1 is 1.30 bits per heavy atom.